The number of nitrogens with two attached hydrogens (primary N) is 1. The highest BCUT2D eigenvalue weighted by Gasteiger charge is 2.20. The summed E-state index contributed by atoms with van der Waals surface area (Å²) in [6, 6.07) is 16.7. The maximum absolute atomic E-state index is 12.2. The van der Waals surface area contributed by atoms with Gasteiger partial charge in [0.25, 0.3) is 0 Å². The van der Waals surface area contributed by atoms with Crippen LogP contribution in [0.3, 0.4) is 0 Å². The van der Waals surface area contributed by atoms with Crippen LogP contribution >= 0.6 is 0 Å². The van der Waals surface area contributed by atoms with Crippen LogP contribution in [0.25, 0.3) is 0 Å². The Labute approximate surface area is 178 Å². The minimum Gasteiger partial charge on any atom is -0.491 e. The number of hydrogen-bond donors (Lipinski definition) is 3. The number of alkyl carbamates (subject to hydrolysis) is 1. The zero-order chi connectivity index (χ0) is 22.1. The number of ether oxygens (including phenoxy) is 2. The van der Waals surface area contributed by atoms with Crippen LogP contribution in [0.2, 0.25) is 0 Å². The Morgan fingerprint density at radius 1 is 1.07 bits per heavy atom. The molecule has 4 N–H and O–H groups in total. The molecule has 0 heterocycles. The number of anilines is 1. The van der Waals surface area contributed by atoms with Gasteiger partial charge in [0.2, 0.25) is 0 Å². The Morgan fingerprint density at radius 2 is 1.70 bits per heavy atom. The zero-order valence-electron chi connectivity index (χ0n) is 18.3. The largest absolute Gasteiger partial charge is 0.491 e. The Balaban J connectivity index is 2.03. The molecule has 0 saturated carbocycles. The highest BCUT2D eigenvalue weighted by Crippen LogP contribution is 2.18. The topological polar surface area (TPSA) is 98.0 Å². The number of rotatable bonds is 7. The second-order valence-corrected chi connectivity index (χ2v) is 8.15. The van der Waals surface area contributed by atoms with Crippen molar-refractivity contribution in [3.05, 3.63) is 60.2 Å². The van der Waals surface area contributed by atoms with Gasteiger partial charge >= 0.3 is 6.09 Å². The molecule has 7 heteroatoms. The van der Waals surface area contributed by atoms with Crippen molar-refractivity contribution < 1.29 is 14.3 Å². The molecule has 0 fully saturated rings. The van der Waals surface area contributed by atoms with E-state index in [9.17, 15) is 4.79 Å². The van der Waals surface area contributed by atoms with E-state index in [1.807, 2.05) is 89.2 Å². The Morgan fingerprint density at radius 3 is 2.27 bits per heavy atom. The van der Waals surface area contributed by atoms with E-state index < -0.39 is 11.7 Å². The summed E-state index contributed by atoms with van der Waals surface area (Å²) in [6.45, 7) is 9.68. The van der Waals surface area contributed by atoms with E-state index in [4.69, 9.17) is 15.2 Å². The van der Waals surface area contributed by atoms with Crippen molar-refractivity contribution in [3.8, 4) is 5.75 Å². The summed E-state index contributed by atoms with van der Waals surface area (Å²) in [6.07, 6.45) is -0.387. The molecule has 0 aliphatic rings. The number of aliphatic imine (C=N–C) groups is 1. The number of nitrogens with zero attached hydrogens (tertiary/aromatic N) is 1. The molecule has 2 aromatic carbocycles. The molecule has 162 valence electrons. The van der Waals surface area contributed by atoms with Gasteiger partial charge in [0, 0.05) is 5.69 Å². The van der Waals surface area contributed by atoms with Gasteiger partial charge < -0.3 is 25.8 Å². The van der Waals surface area contributed by atoms with E-state index in [0.717, 1.165) is 17.0 Å². The molecule has 0 spiro atoms. The van der Waals surface area contributed by atoms with Crippen molar-refractivity contribution in [2.45, 2.75) is 52.4 Å². The first-order valence-electron chi connectivity index (χ1n) is 10.0. The molecule has 0 bridgehead atoms. The Kier molecular flexibility index (Phi) is 8.09. The molecule has 0 aliphatic carbocycles. The number of carbonyl (C=O) groups excluding carboxylic acids is 1. The van der Waals surface area contributed by atoms with Gasteiger partial charge in [0.1, 0.15) is 11.4 Å². The Hall–Kier alpha value is -3.22. The van der Waals surface area contributed by atoms with Gasteiger partial charge in [-0.15, -0.1) is 0 Å². The SMILES string of the molecule is CC(C)Oc1ccc(NC(N)=NCC(NC(=O)OC(C)(C)C)c2ccccc2)cc1. The number of hydrogen-bond acceptors (Lipinski definition) is 4. The second kappa shape index (κ2) is 10.5. The third-order valence-corrected chi connectivity index (χ3v) is 3.84. The average Bonchev–Trinajstić information content (AvgIpc) is 2.65. The van der Waals surface area contributed by atoms with E-state index in [2.05, 4.69) is 15.6 Å². The lowest BCUT2D eigenvalue weighted by Gasteiger charge is -2.23. The van der Waals surface area contributed by atoms with Gasteiger partial charge in [-0.2, -0.15) is 0 Å². The lowest BCUT2D eigenvalue weighted by molar-refractivity contribution is 0.0505. The number of amides is 1. The summed E-state index contributed by atoms with van der Waals surface area (Å²) in [5, 5.41) is 5.92. The molecule has 1 amide bonds. The zero-order valence-corrected chi connectivity index (χ0v) is 18.3. The molecular formula is C23H32N4O3. The van der Waals surface area contributed by atoms with Crippen LogP contribution in [0.4, 0.5) is 10.5 Å². The predicted octanol–water partition coefficient (Wildman–Crippen LogP) is 4.47. The smallest absolute Gasteiger partial charge is 0.408 e. The van der Waals surface area contributed by atoms with Gasteiger partial charge in [0.05, 0.1) is 18.7 Å². The average molecular weight is 413 g/mol. The molecular weight excluding hydrogens is 380 g/mol. The third kappa shape index (κ3) is 8.43. The van der Waals surface area contributed by atoms with E-state index in [-0.39, 0.29) is 24.7 Å². The first kappa shape index (κ1) is 23.1. The fraction of sp³-hybridized carbons (Fsp3) is 0.391. The predicted molar refractivity (Wildman–Crippen MR) is 121 cm³/mol. The number of benzene rings is 2. The molecule has 1 atom stereocenters. The molecule has 0 aliphatic heterocycles. The maximum atomic E-state index is 12.2. The van der Waals surface area contributed by atoms with Crippen LogP contribution in [-0.2, 0) is 4.74 Å². The molecule has 0 saturated heterocycles. The summed E-state index contributed by atoms with van der Waals surface area (Å²) in [5.41, 5.74) is 7.17. The normalized spacial score (nSPS) is 12.9. The standard InChI is InChI=1S/C23H32N4O3/c1-16(2)29-19-13-11-18(12-14-19)26-21(24)25-15-20(17-9-7-6-8-10-17)27-22(28)30-23(3,4)5/h6-14,16,20H,15H2,1-5H3,(H,27,28)(H3,24,25,26). The van der Waals surface area contributed by atoms with Crippen LogP contribution in [-0.4, -0.2) is 30.3 Å². The molecule has 2 aromatic rings. The first-order valence-corrected chi connectivity index (χ1v) is 10.0. The minimum absolute atomic E-state index is 0.114. The summed E-state index contributed by atoms with van der Waals surface area (Å²) >= 11 is 0. The van der Waals surface area contributed by atoms with Crippen LogP contribution < -0.4 is 21.1 Å². The number of nitrogens with one attached hydrogen (secondary N) is 2. The highest BCUT2D eigenvalue weighted by atomic mass is 16.6. The van der Waals surface area contributed by atoms with E-state index in [1.54, 1.807) is 0 Å². The summed E-state index contributed by atoms with van der Waals surface area (Å²) in [4.78, 5) is 16.6. The maximum Gasteiger partial charge on any atom is 0.408 e. The van der Waals surface area contributed by atoms with Crippen molar-refractivity contribution in [2.24, 2.45) is 10.7 Å². The highest BCUT2D eigenvalue weighted by molar-refractivity contribution is 5.92. The van der Waals surface area contributed by atoms with Crippen molar-refractivity contribution in [3.63, 3.8) is 0 Å². The minimum atomic E-state index is -0.583. The van der Waals surface area contributed by atoms with Crippen LogP contribution in [0, 0.1) is 0 Å². The van der Waals surface area contributed by atoms with Crippen molar-refractivity contribution in [2.75, 3.05) is 11.9 Å². The molecule has 7 nitrogen and oxygen atoms in total. The monoisotopic (exact) mass is 412 g/mol. The van der Waals surface area contributed by atoms with Crippen LogP contribution in [0.15, 0.2) is 59.6 Å². The van der Waals surface area contributed by atoms with Gasteiger partial charge in [-0.1, -0.05) is 30.3 Å². The summed E-state index contributed by atoms with van der Waals surface area (Å²) in [7, 11) is 0. The quantitative estimate of drug-likeness (QED) is 0.460. The fourth-order valence-corrected chi connectivity index (χ4v) is 2.64. The van der Waals surface area contributed by atoms with Crippen LogP contribution in [0.5, 0.6) is 5.75 Å². The molecule has 0 aromatic heterocycles. The van der Waals surface area contributed by atoms with Gasteiger partial charge in [-0.25, -0.2) is 4.79 Å². The van der Waals surface area contributed by atoms with E-state index >= 15 is 0 Å². The van der Waals surface area contributed by atoms with Crippen molar-refractivity contribution >= 4 is 17.7 Å². The van der Waals surface area contributed by atoms with E-state index in [1.165, 1.54) is 0 Å². The fourth-order valence-electron chi connectivity index (χ4n) is 2.64. The van der Waals surface area contributed by atoms with Crippen molar-refractivity contribution in [1.82, 2.24) is 5.32 Å². The van der Waals surface area contributed by atoms with Gasteiger partial charge in [-0.3, -0.25) is 4.99 Å². The molecule has 2 rings (SSSR count). The molecule has 1 unspecified atom stereocenters. The first-order chi connectivity index (χ1) is 14.1. The summed E-state index contributed by atoms with van der Waals surface area (Å²) in [5.74, 6) is 1.04. The number of carbonyl (C=O) groups is 1. The Bertz CT molecular complexity index is 828. The van der Waals surface area contributed by atoms with Crippen LogP contribution in [0.1, 0.15) is 46.2 Å². The van der Waals surface area contributed by atoms with Crippen molar-refractivity contribution in [1.29, 1.82) is 0 Å². The number of guanidine groups is 1. The van der Waals surface area contributed by atoms with Gasteiger partial charge in [0.15, 0.2) is 5.96 Å². The lowest BCUT2D eigenvalue weighted by atomic mass is 10.1. The van der Waals surface area contributed by atoms with Gasteiger partial charge in [-0.05, 0) is 64.4 Å². The molecule has 0 radical (unpaired) electrons. The lowest BCUT2D eigenvalue weighted by Crippen LogP contribution is -2.36. The molecule has 30 heavy (non-hydrogen) atoms. The van der Waals surface area contributed by atoms with E-state index in [0.29, 0.717) is 0 Å². The second-order valence-electron chi connectivity index (χ2n) is 8.15. The third-order valence-electron chi connectivity index (χ3n) is 3.84. The summed E-state index contributed by atoms with van der Waals surface area (Å²) < 4.78 is 11.0.